The van der Waals surface area contributed by atoms with Gasteiger partial charge in [-0.15, -0.1) is 0 Å². The van der Waals surface area contributed by atoms with Crippen LogP contribution in [0.1, 0.15) is 0 Å². The van der Waals surface area contributed by atoms with Crippen LogP contribution in [0.25, 0.3) is 0 Å². The van der Waals surface area contributed by atoms with Crippen molar-refractivity contribution >= 4 is 6.09 Å². The van der Waals surface area contributed by atoms with E-state index in [0.29, 0.717) is 19.7 Å². The van der Waals surface area contributed by atoms with Crippen molar-refractivity contribution in [1.82, 2.24) is 10.6 Å². The maximum Gasteiger partial charge on any atom is 0.134 e. The summed E-state index contributed by atoms with van der Waals surface area (Å²) in [6.45, 7) is 2.47. The molecule has 0 radical (unpaired) electrons. The number of hydrogen-bond donors (Lipinski definition) is 2. The number of carboxylic acid groups (broad SMARTS) is 1. The Hall–Kier alpha value is -0.810. The van der Waals surface area contributed by atoms with Crippen molar-refractivity contribution in [2.75, 3.05) is 26.2 Å². The summed E-state index contributed by atoms with van der Waals surface area (Å²) in [4.78, 5) is 9.94. The fraction of sp³-hybridized carbons (Fsp3) is 0.833. The smallest absolute Gasteiger partial charge is 0.134 e. The monoisotopic (exact) mass is 159 g/mol. The van der Waals surface area contributed by atoms with Crippen LogP contribution in [0.3, 0.4) is 0 Å². The molecule has 1 fully saturated rings. The second-order valence-electron chi connectivity index (χ2n) is 2.37. The van der Waals surface area contributed by atoms with Gasteiger partial charge in [0.05, 0.1) is 12.7 Å². The molecule has 1 amide bonds. The number of amides is 1. The van der Waals surface area contributed by atoms with Crippen molar-refractivity contribution < 1.29 is 14.6 Å². The molecular weight excluding hydrogens is 148 g/mol. The first-order chi connectivity index (χ1) is 5.29. The van der Waals surface area contributed by atoms with E-state index in [9.17, 15) is 9.90 Å². The second kappa shape index (κ2) is 4.15. The van der Waals surface area contributed by atoms with Crippen molar-refractivity contribution in [2.45, 2.75) is 6.10 Å². The van der Waals surface area contributed by atoms with Crippen molar-refractivity contribution in [3.63, 3.8) is 0 Å². The lowest BCUT2D eigenvalue weighted by Gasteiger charge is -2.24. The summed E-state index contributed by atoms with van der Waals surface area (Å²) in [6, 6.07) is 0. The molecule has 11 heavy (non-hydrogen) atoms. The molecule has 5 nitrogen and oxygen atoms in total. The molecule has 1 saturated heterocycles. The van der Waals surface area contributed by atoms with Crippen LogP contribution in [0.15, 0.2) is 0 Å². The molecule has 0 bridgehead atoms. The topological polar surface area (TPSA) is 73.4 Å². The van der Waals surface area contributed by atoms with E-state index in [0.717, 1.165) is 6.54 Å². The molecule has 0 aromatic rings. The van der Waals surface area contributed by atoms with Gasteiger partial charge in [0.15, 0.2) is 0 Å². The molecule has 0 spiro atoms. The number of hydrogen-bond acceptors (Lipinski definition) is 4. The van der Waals surface area contributed by atoms with Gasteiger partial charge in [-0.25, -0.2) is 0 Å². The molecule has 1 rings (SSSR count). The van der Waals surface area contributed by atoms with Gasteiger partial charge >= 0.3 is 0 Å². The van der Waals surface area contributed by atoms with E-state index < -0.39 is 6.09 Å². The SMILES string of the molecule is O=C([O-])NCC1CNCCO1. The maximum atomic E-state index is 9.94. The molecule has 0 aliphatic carbocycles. The van der Waals surface area contributed by atoms with Gasteiger partial charge in [-0.05, 0) is 0 Å². The van der Waals surface area contributed by atoms with E-state index in [1.807, 2.05) is 0 Å². The van der Waals surface area contributed by atoms with Gasteiger partial charge in [0.25, 0.3) is 0 Å². The first-order valence-electron chi connectivity index (χ1n) is 3.56. The Morgan fingerprint density at radius 3 is 3.18 bits per heavy atom. The lowest BCUT2D eigenvalue weighted by atomic mass is 10.3. The van der Waals surface area contributed by atoms with Gasteiger partial charge in [0.2, 0.25) is 0 Å². The van der Waals surface area contributed by atoms with Crippen molar-refractivity contribution in [3.8, 4) is 0 Å². The van der Waals surface area contributed by atoms with Gasteiger partial charge in [0, 0.05) is 19.6 Å². The molecule has 1 atom stereocenters. The van der Waals surface area contributed by atoms with Crippen LogP contribution in [-0.2, 0) is 4.74 Å². The van der Waals surface area contributed by atoms with Gasteiger partial charge in [0.1, 0.15) is 6.09 Å². The maximum absolute atomic E-state index is 9.94. The van der Waals surface area contributed by atoms with E-state index in [4.69, 9.17) is 4.74 Å². The minimum atomic E-state index is -1.25. The number of morpholine rings is 1. The number of rotatable bonds is 2. The number of ether oxygens (including phenoxy) is 1. The zero-order valence-electron chi connectivity index (χ0n) is 6.13. The lowest BCUT2D eigenvalue weighted by Crippen LogP contribution is -2.47. The second-order valence-corrected chi connectivity index (χ2v) is 2.37. The lowest BCUT2D eigenvalue weighted by molar-refractivity contribution is -0.251. The predicted molar refractivity (Wildman–Crippen MR) is 36.0 cm³/mol. The Balaban J connectivity index is 2.09. The van der Waals surface area contributed by atoms with Crippen LogP contribution in [0.2, 0.25) is 0 Å². The summed E-state index contributed by atoms with van der Waals surface area (Å²) < 4.78 is 5.21. The van der Waals surface area contributed by atoms with Crippen LogP contribution in [-0.4, -0.2) is 38.4 Å². The minimum Gasteiger partial charge on any atom is -0.530 e. The van der Waals surface area contributed by atoms with Crippen molar-refractivity contribution in [3.05, 3.63) is 0 Å². The quantitative estimate of drug-likeness (QED) is 0.484. The molecule has 1 heterocycles. The van der Waals surface area contributed by atoms with Crippen molar-refractivity contribution in [2.24, 2.45) is 0 Å². The van der Waals surface area contributed by atoms with Gasteiger partial charge in [-0.2, -0.15) is 0 Å². The summed E-state index contributed by atoms with van der Waals surface area (Å²) in [7, 11) is 0. The highest BCUT2D eigenvalue weighted by Gasteiger charge is 2.11. The summed E-state index contributed by atoms with van der Waals surface area (Å²) >= 11 is 0. The Labute approximate surface area is 64.7 Å². The third kappa shape index (κ3) is 3.20. The molecule has 5 heteroatoms. The Morgan fingerprint density at radius 2 is 2.64 bits per heavy atom. The molecule has 2 N–H and O–H groups in total. The van der Waals surface area contributed by atoms with E-state index in [2.05, 4.69) is 10.6 Å². The Bertz CT molecular complexity index is 134. The van der Waals surface area contributed by atoms with E-state index in [1.54, 1.807) is 0 Å². The first kappa shape index (κ1) is 8.29. The fourth-order valence-electron chi connectivity index (χ4n) is 0.948. The molecule has 0 aromatic heterocycles. The fourth-order valence-corrected chi connectivity index (χ4v) is 0.948. The summed E-state index contributed by atoms with van der Waals surface area (Å²) in [6.07, 6.45) is -1.30. The normalized spacial score (nSPS) is 24.5. The van der Waals surface area contributed by atoms with Crippen LogP contribution in [0.4, 0.5) is 4.79 Å². The number of carbonyl (C=O) groups excluding carboxylic acids is 1. The van der Waals surface area contributed by atoms with Gasteiger partial charge < -0.3 is 25.3 Å². The molecule has 1 aliphatic heterocycles. The van der Waals surface area contributed by atoms with Crippen LogP contribution >= 0.6 is 0 Å². The van der Waals surface area contributed by atoms with Crippen LogP contribution in [0.5, 0.6) is 0 Å². The molecule has 0 aromatic carbocycles. The summed E-state index contributed by atoms with van der Waals surface area (Å²) in [5.41, 5.74) is 0. The largest absolute Gasteiger partial charge is 0.530 e. The number of nitrogens with one attached hydrogen (secondary N) is 2. The van der Waals surface area contributed by atoms with Crippen LogP contribution in [0, 0.1) is 0 Å². The molecule has 0 saturated carbocycles. The predicted octanol–water partition coefficient (Wildman–Crippen LogP) is -2.09. The molecular formula is C6H11N2O3-. The zero-order chi connectivity index (χ0) is 8.10. The Morgan fingerprint density at radius 1 is 1.82 bits per heavy atom. The Kier molecular flexibility index (Phi) is 3.13. The third-order valence-corrected chi connectivity index (χ3v) is 1.48. The average Bonchev–Trinajstić information content (AvgIpc) is 2.03. The van der Waals surface area contributed by atoms with Gasteiger partial charge in [-0.1, -0.05) is 0 Å². The molecule has 64 valence electrons. The van der Waals surface area contributed by atoms with Gasteiger partial charge in [-0.3, -0.25) is 0 Å². The third-order valence-electron chi connectivity index (χ3n) is 1.48. The summed E-state index contributed by atoms with van der Waals surface area (Å²) in [5.74, 6) is 0. The van der Waals surface area contributed by atoms with Crippen molar-refractivity contribution in [1.29, 1.82) is 0 Å². The minimum absolute atomic E-state index is 0.0540. The highest BCUT2D eigenvalue weighted by Crippen LogP contribution is 1.92. The zero-order valence-corrected chi connectivity index (χ0v) is 6.13. The molecule has 1 unspecified atom stereocenters. The van der Waals surface area contributed by atoms with E-state index in [1.165, 1.54) is 0 Å². The van der Waals surface area contributed by atoms with E-state index in [-0.39, 0.29) is 6.10 Å². The van der Waals surface area contributed by atoms with Crippen LogP contribution < -0.4 is 15.7 Å². The van der Waals surface area contributed by atoms with E-state index >= 15 is 0 Å². The number of carbonyl (C=O) groups is 1. The summed E-state index contributed by atoms with van der Waals surface area (Å²) in [5, 5.41) is 15.2. The highest BCUT2D eigenvalue weighted by molar-refractivity contribution is 5.61. The standard InChI is InChI=1S/C6H12N2O3/c9-6(10)8-4-5-3-7-1-2-11-5/h5,7-8H,1-4H2,(H,9,10)/p-1. The molecule has 1 aliphatic rings. The first-order valence-corrected chi connectivity index (χ1v) is 3.56. The average molecular weight is 159 g/mol. The highest BCUT2D eigenvalue weighted by atomic mass is 16.5.